The van der Waals surface area contributed by atoms with Crippen LogP contribution in [-0.2, 0) is 0 Å². The molecule has 20 heavy (non-hydrogen) atoms. The minimum Gasteiger partial charge on any atom is -0.372 e. The van der Waals surface area contributed by atoms with Gasteiger partial charge in [0, 0.05) is 24.8 Å². The molecular formula is C17H25N3. The molecule has 3 nitrogen and oxygen atoms in total. The van der Waals surface area contributed by atoms with Gasteiger partial charge in [0.15, 0.2) is 0 Å². The third-order valence-electron chi connectivity index (χ3n) is 4.33. The standard InChI is InChI=1S/C17H25N3/c1-3-12-19-15-6-10-17(11-7-15)20(2)16-8-4-14(13-18)5-9-16/h4-5,8-9,15,17,19H,3,6-7,10-12H2,1-2H3. The molecule has 1 aliphatic carbocycles. The van der Waals surface area contributed by atoms with Crippen molar-refractivity contribution in [3.63, 3.8) is 0 Å². The second kappa shape index (κ2) is 7.31. The summed E-state index contributed by atoms with van der Waals surface area (Å²) in [6.45, 7) is 3.36. The van der Waals surface area contributed by atoms with Gasteiger partial charge in [0.05, 0.1) is 11.6 Å². The first kappa shape index (κ1) is 14.9. The molecule has 1 N–H and O–H groups in total. The highest BCUT2D eigenvalue weighted by atomic mass is 15.1. The largest absolute Gasteiger partial charge is 0.372 e. The second-order valence-electron chi connectivity index (χ2n) is 5.73. The van der Waals surface area contributed by atoms with E-state index in [1.165, 1.54) is 37.8 Å². The van der Waals surface area contributed by atoms with E-state index in [0.717, 1.165) is 12.1 Å². The summed E-state index contributed by atoms with van der Waals surface area (Å²) in [5.41, 5.74) is 1.95. The Morgan fingerprint density at radius 3 is 2.40 bits per heavy atom. The number of hydrogen-bond donors (Lipinski definition) is 1. The first-order valence-electron chi connectivity index (χ1n) is 7.71. The molecule has 0 saturated heterocycles. The summed E-state index contributed by atoms with van der Waals surface area (Å²) < 4.78 is 0. The maximum Gasteiger partial charge on any atom is 0.0991 e. The van der Waals surface area contributed by atoms with Crippen molar-refractivity contribution in [2.45, 2.75) is 51.1 Å². The molecule has 1 aromatic rings. The number of benzene rings is 1. The van der Waals surface area contributed by atoms with Crippen LogP contribution in [0.1, 0.15) is 44.6 Å². The average Bonchev–Trinajstić information content (AvgIpc) is 2.53. The lowest BCUT2D eigenvalue weighted by molar-refractivity contribution is 0.337. The highest BCUT2D eigenvalue weighted by Gasteiger charge is 2.23. The fourth-order valence-corrected chi connectivity index (χ4v) is 3.00. The molecule has 1 fully saturated rings. The van der Waals surface area contributed by atoms with Gasteiger partial charge >= 0.3 is 0 Å². The molecule has 0 amide bonds. The van der Waals surface area contributed by atoms with E-state index < -0.39 is 0 Å². The molecule has 3 heteroatoms. The molecular weight excluding hydrogens is 246 g/mol. The van der Waals surface area contributed by atoms with E-state index in [-0.39, 0.29) is 0 Å². The molecule has 0 unspecified atom stereocenters. The number of nitriles is 1. The molecule has 0 aromatic heterocycles. The topological polar surface area (TPSA) is 39.1 Å². The fraction of sp³-hybridized carbons (Fsp3) is 0.588. The van der Waals surface area contributed by atoms with Crippen molar-refractivity contribution in [2.75, 3.05) is 18.5 Å². The average molecular weight is 271 g/mol. The molecule has 108 valence electrons. The van der Waals surface area contributed by atoms with E-state index >= 15 is 0 Å². The lowest BCUT2D eigenvalue weighted by Crippen LogP contribution is -2.41. The van der Waals surface area contributed by atoms with Gasteiger partial charge in [-0.1, -0.05) is 6.92 Å². The van der Waals surface area contributed by atoms with Crippen molar-refractivity contribution in [3.05, 3.63) is 29.8 Å². The van der Waals surface area contributed by atoms with Gasteiger partial charge < -0.3 is 10.2 Å². The summed E-state index contributed by atoms with van der Waals surface area (Å²) in [4.78, 5) is 2.37. The van der Waals surface area contributed by atoms with Gasteiger partial charge in [-0.15, -0.1) is 0 Å². The third-order valence-corrected chi connectivity index (χ3v) is 4.33. The molecule has 0 radical (unpaired) electrons. The quantitative estimate of drug-likeness (QED) is 0.893. The first-order valence-corrected chi connectivity index (χ1v) is 7.71. The van der Waals surface area contributed by atoms with Gasteiger partial charge in [-0.2, -0.15) is 5.26 Å². The van der Waals surface area contributed by atoms with E-state index in [1.54, 1.807) is 0 Å². The molecule has 0 spiro atoms. The Bertz CT molecular complexity index is 438. The van der Waals surface area contributed by atoms with Crippen LogP contribution in [0.3, 0.4) is 0 Å². The van der Waals surface area contributed by atoms with Crippen LogP contribution in [0.4, 0.5) is 5.69 Å². The van der Waals surface area contributed by atoms with Crippen LogP contribution in [-0.4, -0.2) is 25.7 Å². The second-order valence-corrected chi connectivity index (χ2v) is 5.73. The summed E-state index contributed by atoms with van der Waals surface area (Å²) >= 11 is 0. The van der Waals surface area contributed by atoms with Gasteiger partial charge in [0.2, 0.25) is 0 Å². The Kier molecular flexibility index (Phi) is 5.43. The summed E-state index contributed by atoms with van der Waals surface area (Å²) in [6.07, 6.45) is 6.25. The Balaban J connectivity index is 1.87. The van der Waals surface area contributed by atoms with Gasteiger partial charge in [-0.25, -0.2) is 0 Å². The van der Waals surface area contributed by atoms with Crippen LogP contribution in [0.2, 0.25) is 0 Å². The van der Waals surface area contributed by atoms with Gasteiger partial charge in [-0.05, 0) is 62.9 Å². The molecule has 0 atom stereocenters. The molecule has 0 heterocycles. The third kappa shape index (κ3) is 3.74. The lowest BCUT2D eigenvalue weighted by Gasteiger charge is -2.36. The van der Waals surface area contributed by atoms with Gasteiger partial charge in [-0.3, -0.25) is 0 Å². The smallest absolute Gasteiger partial charge is 0.0991 e. The van der Waals surface area contributed by atoms with E-state index in [0.29, 0.717) is 12.1 Å². The number of nitrogens with zero attached hydrogens (tertiary/aromatic N) is 2. The normalized spacial score (nSPS) is 22.2. The first-order chi connectivity index (χ1) is 9.74. The zero-order valence-electron chi connectivity index (χ0n) is 12.6. The van der Waals surface area contributed by atoms with Crippen LogP contribution in [0.5, 0.6) is 0 Å². The van der Waals surface area contributed by atoms with E-state index in [1.807, 2.05) is 12.1 Å². The van der Waals surface area contributed by atoms with Crippen molar-refractivity contribution in [2.24, 2.45) is 0 Å². The maximum absolute atomic E-state index is 8.85. The van der Waals surface area contributed by atoms with Crippen LogP contribution >= 0.6 is 0 Å². The lowest BCUT2D eigenvalue weighted by atomic mass is 9.90. The van der Waals surface area contributed by atoms with Crippen molar-refractivity contribution >= 4 is 5.69 Å². The number of anilines is 1. The number of hydrogen-bond acceptors (Lipinski definition) is 3. The Labute approximate surface area is 122 Å². The van der Waals surface area contributed by atoms with Crippen molar-refractivity contribution < 1.29 is 0 Å². The summed E-state index contributed by atoms with van der Waals surface area (Å²) in [7, 11) is 2.17. The highest BCUT2D eigenvalue weighted by Crippen LogP contribution is 2.26. The highest BCUT2D eigenvalue weighted by molar-refractivity contribution is 5.49. The van der Waals surface area contributed by atoms with Crippen LogP contribution in [0.25, 0.3) is 0 Å². The maximum atomic E-state index is 8.85. The van der Waals surface area contributed by atoms with Crippen molar-refractivity contribution in [1.82, 2.24) is 5.32 Å². The zero-order valence-corrected chi connectivity index (χ0v) is 12.6. The number of nitrogens with one attached hydrogen (secondary N) is 1. The van der Waals surface area contributed by atoms with Gasteiger partial charge in [0.1, 0.15) is 0 Å². The minimum absolute atomic E-state index is 0.627. The molecule has 2 rings (SSSR count). The molecule has 1 aromatic carbocycles. The Hall–Kier alpha value is -1.53. The molecule has 0 aliphatic heterocycles. The SMILES string of the molecule is CCCNC1CCC(N(C)c2ccc(C#N)cc2)CC1. The Morgan fingerprint density at radius 1 is 1.20 bits per heavy atom. The monoisotopic (exact) mass is 271 g/mol. The summed E-state index contributed by atoms with van der Waals surface area (Å²) in [6, 6.07) is 11.4. The predicted molar refractivity (Wildman–Crippen MR) is 83.9 cm³/mol. The van der Waals surface area contributed by atoms with E-state index in [2.05, 4.69) is 42.4 Å². The molecule has 0 bridgehead atoms. The van der Waals surface area contributed by atoms with Crippen LogP contribution in [0.15, 0.2) is 24.3 Å². The summed E-state index contributed by atoms with van der Waals surface area (Å²) in [5, 5.41) is 12.5. The zero-order chi connectivity index (χ0) is 14.4. The van der Waals surface area contributed by atoms with Gasteiger partial charge in [0.25, 0.3) is 0 Å². The summed E-state index contributed by atoms with van der Waals surface area (Å²) in [5.74, 6) is 0. The fourth-order valence-electron chi connectivity index (χ4n) is 3.00. The Morgan fingerprint density at radius 2 is 1.85 bits per heavy atom. The van der Waals surface area contributed by atoms with Crippen LogP contribution < -0.4 is 10.2 Å². The molecule has 1 saturated carbocycles. The molecule has 1 aliphatic rings. The van der Waals surface area contributed by atoms with Crippen molar-refractivity contribution in [1.29, 1.82) is 5.26 Å². The van der Waals surface area contributed by atoms with Crippen LogP contribution in [0, 0.1) is 11.3 Å². The van der Waals surface area contributed by atoms with E-state index in [9.17, 15) is 0 Å². The number of rotatable bonds is 5. The predicted octanol–water partition coefficient (Wildman–Crippen LogP) is 3.31. The minimum atomic E-state index is 0.627. The van der Waals surface area contributed by atoms with Crippen molar-refractivity contribution in [3.8, 4) is 6.07 Å². The van der Waals surface area contributed by atoms with E-state index in [4.69, 9.17) is 5.26 Å².